The molecule has 1 heterocycles. The number of amides is 4. The van der Waals surface area contributed by atoms with Gasteiger partial charge in [0.15, 0.2) is 5.78 Å². The third-order valence-corrected chi connectivity index (χ3v) is 8.97. The number of phenols is 1. The predicted molar refractivity (Wildman–Crippen MR) is 197 cm³/mol. The highest BCUT2D eigenvalue weighted by Crippen LogP contribution is 2.19. The third-order valence-electron chi connectivity index (χ3n) is 8.97. The van der Waals surface area contributed by atoms with Crippen molar-refractivity contribution in [2.45, 2.75) is 121 Å². The van der Waals surface area contributed by atoms with E-state index >= 15 is 0 Å². The van der Waals surface area contributed by atoms with Crippen LogP contribution in [0.15, 0.2) is 36.4 Å². The maximum atomic E-state index is 13.9. The normalized spacial score (nSPS) is 21.3. The summed E-state index contributed by atoms with van der Waals surface area (Å²) in [5, 5.41) is 30.5. The van der Waals surface area contributed by atoms with Gasteiger partial charge in [-0.15, -0.1) is 0 Å². The van der Waals surface area contributed by atoms with E-state index in [1.54, 1.807) is 24.3 Å². The van der Waals surface area contributed by atoms with E-state index in [1.807, 2.05) is 13.8 Å². The monoisotopic (exact) mass is 729 g/mol. The number of carboxylic acids is 1. The summed E-state index contributed by atoms with van der Waals surface area (Å²) >= 11 is 0. The van der Waals surface area contributed by atoms with E-state index in [0.717, 1.165) is 5.56 Å². The van der Waals surface area contributed by atoms with E-state index in [2.05, 4.69) is 21.3 Å². The number of hydrogen-bond acceptors (Lipinski definition) is 10. The Hall–Kier alpha value is -4.34. The Morgan fingerprint density at radius 1 is 0.846 bits per heavy atom. The number of Topliss-reactive ketones (excluding diaryl/α,β-unsaturated/α-hetero) is 1. The molecule has 1 aliphatic heterocycles. The second-order valence-electron chi connectivity index (χ2n) is 13.9. The molecule has 0 saturated heterocycles. The first-order valence-electron chi connectivity index (χ1n) is 18.3. The van der Waals surface area contributed by atoms with Crippen LogP contribution in [0.1, 0.15) is 90.0 Å². The molecule has 0 saturated carbocycles. The standard InChI is InChI=1S/C37H59N7O8/c1-23(2)21-25(37(51)52)22-32(46)28(18-15-24-13-16-26(45)17-14-24)41-34(48)30-10-4-3-9-27(40)33(47)42-29(11-5-7-19-38)35(49)44-31(36(50)43-30)12-6-8-20-39/h3-4,13-14,16-17,23,25,27-31,45H,5-12,15,18-22,38-40H2,1-2H3,(H,41,48)(H,42,47)(H,43,50)(H,44,49)(H,51,52)/t25-,27+,28+,29+,30+,31+/m1/s1. The molecule has 0 bridgehead atoms. The van der Waals surface area contributed by atoms with E-state index in [9.17, 15) is 39.0 Å². The number of carboxylic acid groups (broad SMARTS) is 1. The lowest BCUT2D eigenvalue weighted by molar-refractivity contribution is -0.144. The smallest absolute Gasteiger partial charge is 0.306 e. The van der Waals surface area contributed by atoms with Gasteiger partial charge >= 0.3 is 5.97 Å². The minimum absolute atomic E-state index is 0.0179. The lowest BCUT2D eigenvalue weighted by Gasteiger charge is -2.27. The molecule has 15 heteroatoms. The number of nitrogens with two attached hydrogens (primary N) is 3. The quantitative estimate of drug-likeness (QED) is 0.0713. The van der Waals surface area contributed by atoms with Crippen LogP contribution in [0.5, 0.6) is 5.75 Å². The summed E-state index contributed by atoms with van der Waals surface area (Å²) in [6, 6.07) is 1.09. The number of phenolic OH excluding ortho intramolecular Hbond substituents is 1. The van der Waals surface area contributed by atoms with Gasteiger partial charge in [0.2, 0.25) is 23.6 Å². The van der Waals surface area contributed by atoms with Gasteiger partial charge in [0.25, 0.3) is 0 Å². The average molecular weight is 730 g/mol. The molecule has 290 valence electrons. The van der Waals surface area contributed by atoms with Crippen LogP contribution in [-0.4, -0.2) is 88.9 Å². The number of nitrogens with one attached hydrogen (secondary N) is 4. The molecule has 0 unspecified atom stereocenters. The molecule has 0 aliphatic carbocycles. The summed E-state index contributed by atoms with van der Waals surface area (Å²) < 4.78 is 0. The molecule has 0 aromatic heterocycles. The van der Waals surface area contributed by atoms with Crippen LogP contribution in [0.3, 0.4) is 0 Å². The molecule has 12 N–H and O–H groups in total. The number of unbranched alkanes of at least 4 members (excludes halogenated alkanes) is 2. The van der Waals surface area contributed by atoms with Gasteiger partial charge in [-0.3, -0.25) is 28.8 Å². The summed E-state index contributed by atoms with van der Waals surface area (Å²) in [7, 11) is 0. The Labute approximate surface area is 306 Å². The summed E-state index contributed by atoms with van der Waals surface area (Å²) in [6.45, 7) is 4.50. The van der Waals surface area contributed by atoms with E-state index in [-0.39, 0.29) is 56.6 Å². The first-order chi connectivity index (χ1) is 24.7. The SMILES string of the molecule is CC(C)C[C@H](CC(=O)[C@H](CCc1ccc(O)cc1)NC(=O)[C@@H]1CC=CC[C@H](N)C(=O)N[C@@H](CCCCN)C(=O)N[C@@H](CCCCN)C(=O)N1)C(=O)O. The first-order valence-corrected chi connectivity index (χ1v) is 18.3. The van der Waals surface area contributed by atoms with Crippen molar-refractivity contribution in [1.29, 1.82) is 0 Å². The maximum Gasteiger partial charge on any atom is 0.306 e. The number of benzene rings is 1. The largest absolute Gasteiger partial charge is 0.508 e. The van der Waals surface area contributed by atoms with Crippen LogP contribution in [-0.2, 0) is 35.2 Å². The number of rotatable bonds is 19. The highest BCUT2D eigenvalue weighted by molar-refractivity contribution is 5.96. The zero-order valence-corrected chi connectivity index (χ0v) is 30.5. The Kier molecular flexibility index (Phi) is 19.6. The molecule has 4 amide bonds. The molecule has 0 radical (unpaired) electrons. The van der Waals surface area contributed by atoms with E-state index < -0.39 is 71.5 Å². The van der Waals surface area contributed by atoms with Crippen LogP contribution in [0.4, 0.5) is 0 Å². The zero-order valence-electron chi connectivity index (χ0n) is 30.5. The Bertz CT molecular complexity index is 1350. The summed E-state index contributed by atoms with van der Waals surface area (Å²) in [6.07, 6.45) is 6.46. The van der Waals surface area contributed by atoms with Gasteiger partial charge in [-0.25, -0.2) is 0 Å². The molecule has 2 rings (SSSR count). The minimum atomic E-state index is -1.19. The van der Waals surface area contributed by atoms with Crippen molar-refractivity contribution < 1.29 is 39.0 Å². The second-order valence-corrected chi connectivity index (χ2v) is 13.9. The van der Waals surface area contributed by atoms with Crippen LogP contribution in [0.25, 0.3) is 0 Å². The Morgan fingerprint density at radius 3 is 1.96 bits per heavy atom. The van der Waals surface area contributed by atoms with Gasteiger partial charge < -0.3 is 48.7 Å². The van der Waals surface area contributed by atoms with Gasteiger partial charge in [-0.2, -0.15) is 0 Å². The molecule has 52 heavy (non-hydrogen) atoms. The van der Waals surface area contributed by atoms with Crippen molar-refractivity contribution in [3.63, 3.8) is 0 Å². The first kappa shape index (κ1) is 43.8. The fraction of sp³-hybridized carbons (Fsp3) is 0.622. The fourth-order valence-electron chi connectivity index (χ4n) is 5.95. The number of hydrogen-bond donors (Lipinski definition) is 9. The molecule has 1 aliphatic rings. The number of carbonyl (C=O) groups excluding carboxylic acids is 5. The van der Waals surface area contributed by atoms with E-state index in [4.69, 9.17) is 17.2 Å². The molecule has 15 nitrogen and oxygen atoms in total. The van der Waals surface area contributed by atoms with Gasteiger partial charge in [-0.05, 0) is 107 Å². The summed E-state index contributed by atoms with van der Waals surface area (Å²) in [5.74, 6) is -4.86. The van der Waals surface area contributed by atoms with Crippen molar-refractivity contribution >= 4 is 35.4 Å². The average Bonchev–Trinajstić information content (AvgIpc) is 3.09. The topological polar surface area (TPSA) is 269 Å². The van der Waals surface area contributed by atoms with Crippen molar-refractivity contribution in [3.8, 4) is 5.75 Å². The van der Waals surface area contributed by atoms with Crippen LogP contribution in [0, 0.1) is 11.8 Å². The van der Waals surface area contributed by atoms with Gasteiger partial charge in [0.1, 0.15) is 23.9 Å². The fourth-order valence-corrected chi connectivity index (χ4v) is 5.95. The zero-order chi connectivity index (χ0) is 38.6. The number of carbonyl (C=O) groups is 6. The molecule has 0 spiro atoms. The van der Waals surface area contributed by atoms with Crippen LogP contribution < -0.4 is 38.5 Å². The van der Waals surface area contributed by atoms with Gasteiger partial charge in [0, 0.05) is 6.42 Å². The lowest BCUT2D eigenvalue weighted by atomic mass is 9.89. The Morgan fingerprint density at radius 2 is 1.40 bits per heavy atom. The van der Waals surface area contributed by atoms with Crippen molar-refractivity contribution in [2.75, 3.05) is 13.1 Å². The van der Waals surface area contributed by atoms with Crippen molar-refractivity contribution in [3.05, 3.63) is 42.0 Å². The molecule has 6 atom stereocenters. The van der Waals surface area contributed by atoms with Crippen LogP contribution in [0.2, 0.25) is 0 Å². The molecule has 1 aromatic carbocycles. The van der Waals surface area contributed by atoms with E-state index in [0.29, 0.717) is 45.2 Å². The third kappa shape index (κ3) is 15.9. The lowest BCUT2D eigenvalue weighted by Crippen LogP contribution is -2.58. The van der Waals surface area contributed by atoms with Crippen molar-refractivity contribution in [2.24, 2.45) is 29.0 Å². The van der Waals surface area contributed by atoms with Gasteiger partial charge in [-0.1, -0.05) is 38.1 Å². The van der Waals surface area contributed by atoms with E-state index in [1.165, 1.54) is 12.1 Å². The summed E-state index contributed by atoms with van der Waals surface area (Å²) in [4.78, 5) is 79.8. The minimum Gasteiger partial charge on any atom is -0.508 e. The number of aryl methyl sites for hydroxylation is 1. The Balaban J connectivity index is 2.41. The number of aromatic hydroxyl groups is 1. The maximum absolute atomic E-state index is 13.9. The highest BCUT2D eigenvalue weighted by atomic mass is 16.4. The predicted octanol–water partition coefficient (Wildman–Crippen LogP) is 0.905. The second kappa shape index (κ2) is 23.3. The van der Waals surface area contributed by atoms with Crippen molar-refractivity contribution in [1.82, 2.24) is 21.3 Å². The molecular weight excluding hydrogens is 670 g/mol. The van der Waals surface area contributed by atoms with Crippen LogP contribution >= 0.6 is 0 Å². The van der Waals surface area contributed by atoms with Gasteiger partial charge in [0.05, 0.1) is 18.0 Å². The number of ketones is 1. The molecule has 0 fully saturated rings. The molecular formula is C37H59N7O8. The number of aliphatic carboxylic acids is 1. The highest BCUT2D eigenvalue weighted by Gasteiger charge is 2.33. The summed E-state index contributed by atoms with van der Waals surface area (Å²) in [5.41, 5.74) is 18.2. The molecule has 1 aromatic rings.